The Bertz CT molecular complexity index is 473. The van der Waals surface area contributed by atoms with Gasteiger partial charge in [-0.05, 0) is 56.1 Å². The highest BCUT2D eigenvalue weighted by molar-refractivity contribution is 7.10. The van der Waals surface area contributed by atoms with Crippen LogP contribution in [0, 0.1) is 5.92 Å². The van der Waals surface area contributed by atoms with Gasteiger partial charge < -0.3 is 10.6 Å². The Balaban J connectivity index is 1.61. The van der Waals surface area contributed by atoms with Crippen LogP contribution in [0.1, 0.15) is 43.5 Å². The van der Waals surface area contributed by atoms with E-state index in [-0.39, 0.29) is 0 Å². The Hall–Kier alpha value is -1.07. The van der Waals surface area contributed by atoms with Gasteiger partial charge in [-0.3, -0.25) is 9.89 Å². The van der Waals surface area contributed by atoms with E-state index < -0.39 is 0 Å². The SMILES string of the molecule is CN=C(NCC(c1cccs1)N1CCC(C)CC1)NC1CC1. The number of likely N-dealkylation sites (tertiary alicyclic amines) is 1. The van der Waals surface area contributed by atoms with Crippen molar-refractivity contribution in [3.05, 3.63) is 22.4 Å². The average Bonchev–Trinajstić information content (AvgIpc) is 3.19. The van der Waals surface area contributed by atoms with E-state index in [0.717, 1.165) is 18.4 Å². The quantitative estimate of drug-likeness (QED) is 0.647. The molecule has 0 radical (unpaired) electrons. The van der Waals surface area contributed by atoms with Gasteiger partial charge in [0.15, 0.2) is 5.96 Å². The lowest BCUT2D eigenvalue weighted by atomic mass is 9.97. The molecule has 1 aromatic rings. The van der Waals surface area contributed by atoms with Crippen LogP contribution in [0.2, 0.25) is 0 Å². The number of nitrogens with zero attached hydrogens (tertiary/aromatic N) is 2. The Morgan fingerprint density at radius 2 is 2.14 bits per heavy atom. The number of hydrogen-bond donors (Lipinski definition) is 2. The lowest BCUT2D eigenvalue weighted by Crippen LogP contribution is -2.45. The molecule has 2 N–H and O–H groups in total. The lowest BCUT2D eigenvalue weighted by Gasteiger charge is -2.36. The van der Waals surface area contributed by atoms with Gasteiger partial charge in [0.25, 0.3) is 0 Å². The second-order valence-corrected chi connectivity index (χ2v) is 7.60. The summed E-state index contributed by atoms with van der Waals surface area (Å²) in [5.41, 5.74) is 0. The summed E-state index contributed by atoms with van der Waals surface area (Å²) in [4.78, 5) is 8.46. The second-order valence-electron chi connectivity index (χ2n) is 6.62. The standard InChI is InChI=1S/C17H28N4S/c1-13-7-9-21(10-8-13)15(16-4-3-11-22-16)12-19-17(18-2)20-14-5-6-14/h3-4,11,13-15H,5-10,12H2,1-2H3,(H2,18,19,20). The van der Waals surface area contributed by atoms with E-state index in [1.165, 1.54) is 43.6 Å². The van der Waals surface area contributed by atoms with Crippen LogP contribution in [0.3, 0.4) is 0 Å². The summed E-state index contributed by atoms with van der Waals surface area (Å²) in [5.74, 6) is 1.83. The highest BCUT2D eigenvalue weighted by Crippen LogP contribution is 2.29. The van der Waals surface area contributed by atoms with Crippen molar-refractivity contribution in [3.8, 4) is 0 Å². The van der Waals surface area contributed by atoms with Crippen molar-refractivity contribution in [2.24, 2.45) is 10.9 Å². The van der Waals surface area contributed by atoms with Gasteiger partial charge in [0, 0.05) is 24.5 Å². The van der Waals surface area contributed by atoms with E-state index in [2.05, 4.69) is 45.0 Å². The Kier molecular flexibility index (Phi) is 5.37. The first-order valence-electron chi connectivity index (χ1n) is 8.51. The summed E-state index contributed by atoms with van der Waals surface area (Å²) >= 11 is 1.87. The molecule has 0 spiro atoms. The maximum absolute atomic E-state index is 4.36. The number of thiophene rings is 1. The Morgan fingerprint density at radius 3 is 2.73 bits per heavy atom. The molecule has 2 heterocycles. The van der Waals surface area contributed by atoms with E-state index in [9.17, 15) is 0 Å². The van der Waals surface area contributed by atoms with Crippen LogP contribution in [0.15, 0.2) is 22.5 Å². The zero-order valence-electron chi connectivity index (χ0n) is 13.7. The van der Waals surface area contributed by atoms with Gasteiger partial charge in [0.1, 0.15) is 0 Å². The molecule has 0 bridgehead atoms. The number of piperidine rings is 1. The molecule has 1 atom stereocenters. The van der Waals surface area contributed by atoms with Crippen molar-refractivity contribution >= 4 is 17.3 Å². The van der Waals surface area contributed by atoms with Gasteiger partial charge in [-0.15, -0.1) is 11.3 Å². The van der Waals surface area contributed by atoms with E-state index in [1.807, 2.05) is 18.4 Å². The summed E-state index contributed by atoms with van der Waals surface area (Å²) < 4.78 is 0. The minimum Gasteiger partial charge on any atom is -0.354 e. The largest absolute Gasteiger partial charge is 0.354 e. The van der Waals surface area contributed by atoms with Crippen LogP contribution >= 0.6 is 11.3 Å². The normalized spacial score (nSPS) is 22.5. The minimum atomic E-state index is 0.463. The second kappa shape index (κ2) is 7.47. The third kappa shape index (κ3) is 4.23. The first-order valence-corrected chi connectivity index (χ1v) is 9.39. The Morgan fingerprint density at radius 1 is 1.36 bits per heavy atom. The van der Waals surface area contributed by atoms with Crippen molar-refractivity contribution in [2.45, 2.75) is 44.7 Å². The predicted molar refractivity (Wildman–Crippen MR) is 94.6 cm³/mol. The molecule has 1 saturated heterocycles. The van der Waals surface area contributed by atoms with E-state index in [1.54, 1.807) is 0 Å². The lowest BCUT2D eigenvalue weighted by molar-refractivity contribution is 0.140. The third-order valence-corrected chi connectivity index (χ3v) is 5.71. The topological polar surface area (TPSA) is 39.7 Å². The van der Waals surface area contributed by atoms with Crippen molar-refractivity contribution < 1.29 is 0 Å². The number of rotatable bonds is 5. The molecule has 1 unspecified atom stereocenters. The van der Waals surface area contributed by atoms with Crippen molar-refractivity contribution in [1.29, 1.82) is 0 Å². The first-order chi connectivity index (χ1) is 10.8. The van der Waals surface area contributed by atoms with Gasteiger partial charge in [-0.1, -0.05) is 13.0 Å². The predicted octanol–water partition coefficient (Wildman–Crippen LogP) is 2.85. The van der Waals surface area contributed by atoms with Gasteiger partial charge in [0.2, 0.25) is 0 Å². The first kappa shape index (κ1) is 15.8. The number of nitrogens with one attached hydrogen (secondary N) is 2. The summed E-state index contributed by atoms with van der Waals surface area (Å²) in [6.45, 7) is 5.72. The molecule has 3 rings (SSSR count). The molecule has 4 nitrogen and oxygen atoms in total. The molecule has 2 aliphatic rings. The molecule has 1 aromatic heterocycles. The summed E-state index contributed by atoms with van der Waals surface area (Å²) in [6, 6.07) is 5.54. The zero-order chi connectivity index (χ0) is 15.4. The average molecular weight is 321 g/mol. The molecule has 1 aliphatic carbocycles. The van der Waals surface area contributed by atoms with Crippen molar-refractivity contribution in [2.75, 3.05) is 26.7 Å². The van der Waals surface area contributed by atoms with Crippen LogP contribution in [0.4, 0.5) is 0 Å². The smallest absolute Gasteiger partial charge is 0.191 e. The van der Waals surface area contributed by atoms with E-state index in [0.29, 0.717) is 12.1 Å². The zero-order valence-corrected chi connectivity index (χ0v) is 14.5. The number of guanidine groups is 1. The highest BCUT2D eigenvalue weighted by atomic mass is 32.1. The van der Waals surface area contributed by atoms with Crippen LogP contribution < -0.4 is 10.6 Å². The molecule has 22 heavy (non-hydrogen) atoms. The van der Waals surface area contributed by atoms with Crippen LogP contribution in [-0.4, -0.2) is 43.6 Å². The van der Waals surface area contributed by atoms with Crippen molar-refractivity contribution in [3.63, 3.8) is 0 Å². The minimum absolute atomic E-state index is 0.463. The monoisotopic (exact) mass is 320 g/mol. The molecule has 1 saturated carbocycles. The fourth-order valence-corrected chi connectivity index (χ4v) is 3.90. The fourth-order valence-electron chi connectivity index (χ4n) is 3.04. The number of hydrogen-bond acceptors (Lipinski definition) is 3. The molecular formula is C17H28N4S. The van der Waals surface area contributed by atoms with Gasteiger partial charge in [-0.25, -0.2) is 0 Å². The molecule has 0 aromatic carbocycles. The summed E-state index contributed by atoms with van der Waals surface area (Å²) in [7, 11) is 1.86. The van der Waals surface area contributed by atoms with E-state index >= 15 is 0 Å². The molecule has 2 fully saturated rings. The van der Waals surface area contributed by atoms with Crippen molar-refractivity contribution in [1.82, 2.24) is 15.5 Å². The molecule has 5 heteroatoms. The molecule has 1 aliphatic heterocycles. The maximum Gasteiger partial charge on any atom is 0.191 e. The summed E-state index contributed by atoms with van der Waals surface area (Å²) in [6.07, 6.45) is 5.19. The highest BCUT2D eigenvalue weighted by Gasteiger charge is 2.26. The van der Waals surface area contributed by atoms with Crippen LogP contribution in [0.25, 0.3) is 0 Å². The molecule has 0 amide bonds. The molecular weight excluding hydrogens is 292 g/mol. The van der Waals surface area contributed by atoms with Gasteiger partial charge in [-0.2, -0.15) is 0 Å². The van der Waals surface area contributed by atoms with Gasteiger partial charge in [0.05, 0.1) is 6.04 Å². The van der Waals surface area contributed by atoms with Gasteiger partial charge >= 0.3 is 0 Å². The van der Waals surface area contributed by atoms with E-state index in [4.69, 9.17) is 0 Å². The fraction of sp³-hybridized carbons (Fsp3) is 0.706. The van der Waals surface area contributed by atoms with Crippen LogP contribution in [0.5, 0.6) is 0 Å². The molecule has 122 valence electrons. The maximum atomic E-state index is 4.36. The van der Waals surface area contributed by atoms with Crippen LogP contribution in [-0.2, 0) is 0 Å². The Labute approximate surface area is 138 Å². The summed E-state index contributed by atoms with van der Waals surface area (Å²) in [5, 5.41) is 9.20. The number of aliphatic imine (C=N–C) groups is 1. The third-order valence-electron chi connectivity index (χ3n) is 4.74.